The van der Waals surface area contributed by atoms with Crippen LogP contribution in [0.15, 0.2) is 12.7 Å². The van der Waals surface area contributed by atoms with Gasteiger partial charge in [0.15, 0.2) is 0 Å². The lowest BCUT2D eigenvalue weighted by Crippen LogP contribution is -2.33. The molecule has 4 aliphatic rings. The Balaban J connectivity index is 1.26. The van der Waals surface area contributed by atoms with Crippen LogP contribution in [0.4, 0.5) is 0 Å². The normalized spacial score (nSPS) is 48.7. The third kappa shape index (κ3) is 1.84. The first-order valence-corrected chi connectivity index (χ1v) is 7.34. The Labute approximate surface area is 113 Å². The third-order valence-corrected chi connectivity index (χ3v) is 5.51. The van der Waals surface area contributed by atoms with E-state index < -0.39 is 0 Å². The molecule has 19 heavy (non-hydrogen) atoms. The molecule has 0 aromatic carbocycles. The van der Waals surface area contributed by atoms with Gasteiger partial charge in [0.1, 0.15) is 6.61 Å². The zero-order chi connectivity index (χ0) is 13.0. The highest BCUT2D eigenvalue weighted by atomic mass is 16.6. The first-order valence-electron chi connectivity index (χ1n) is 7.34. The van der Waals surface area contributed by atoms with Crippen molar-refractivity contribution in [1.29, 1.82) is 0 Å². The largest absolute Gasteiger partial charge is 0.460 e. The molecule has 1 saturated heterocycles. The topological polar surface area (TPSA) is 48.1 Å². The number of rotatable bonds is 5. The van der Waals surface area contributed by atoms with Crippen molar-refractivity contribution in [3.05, 3.63) is 12.7 Å². The average molecular weight is 264 g/mol. The lowest BCUT2D eigenvalue weighted by molar-refractivity contribution is -0.140. The SMILES string of the molecule is C=CC(=O)OCCOC1CC2CC1C1CC3OC3C21. The molecule has 4 heteroatoms. The molecule has 3 saturated carbocycles. The van der Waals surface area contributed by atoms with Gasteiger partial charge in [-0.05, 0) is 42.9 Å². The molecule has 1 aliphatic heterocycles. The van der Waals surface area contributed by atoms with Crippen LogP contribution in [0.25, 0.3) is 0 Å². The summed E-state index contributed by atoms with van der Waals surface area (Å²) in [4.78, 5) is 10.9. The van der Waals surface area contributed by atoms with Crippen LogP contribution in [-0.4, -0.2) is 37.5 Å². The van der Waals surface area contributed by atoms with E-state index in [9.17, 15) is 4.79 Å². The van der Waals surface area contributed by atoms with E-state index in [1.807, 2.05) is 0 Å². The number of hydrogen-bond acceptors (Lipinski definition) is 4. The number of fused-ring (bicyclic) bond motifs is 7. The second-order valence-corrected chi connectivity index (χ2v) is 6.29. The number of carbonyl (C=O) groups is 1. The lowest BCUT2D eigenvalue weighted by Gasteiger charge is -2.32. The highest BCUT2D eigenvalue weighted by Crippen LogP contribution is 2.64. The van der Waals surface area contributed by atoms with E-state index in [4.69, 9.17) is 14.2 Å². The molecule has 0 N–H and O–H groups in total. The first kappa shape index (κ1) is 11.9. The van der Waals surface area contributed by atoms with Crippen molar-refractivity contribution in [2.75, 3.05) is 13.2 Å². The summed E-state index contributed by atoms with van der Waals surface area (Å²) in [5.74, 6) is 2.83. The van der Waals surface area contributed by atoms with Crippen molar-refractivity contribution in [2.45, 2.75) is 37.6 Å². The maximum atomic E-state index is 10.9. The Morgan fingerprint density at radius 3 is 3.00 bits per heavy atom. The summed E-state index contributed by atoms with van der Waals surface area (Å²) >= 11 is 0. The number of epoxide rings is 1. The summed E-state index contributed by atoms with van der Waals surface area (Å²) in [6.07, 6.45) is 6.48. The molecule has 0 amide bonds. The summed E-state index contributed by atoms with van der Waals surface area (Å²) < 4.78 is 16.6. The van der Waals surface area contributed by atoms with Gasteiger partial charge in [0.05, 0.1) is 24.9 Å². The van der Waals surface area contributed by atoms with E-state index in [2.05, 4.69) is 6.58 Å². The highest BCUT2D eigenvalue weighted by Gasteiger charge is 2.66. The molecular formula is C15H20O4. The Bertz CT molecular complexity index is 407. The quantitative estimate of drug-likeness (QED) is 0.327. The van der Waals surface area contributed by atoms with Gasteiger partial charge in [-0.3, -0.25) is 0 Å². The van der Waals surface area contributed by atoms with Crippen molar-refractivity contribution in [3.63, 3.8) is 0 Å². The summed E-state index contributed by atoms with van der Waals surface area (Å²) in [6.45, 7) is 4.21. The summed E-state index contributed by atoms with van der Waals surface area (Å²) in [5, 5.41) is 0. The predicted octanol–water partition coefficient (Wildman–Crippen LogP) is 1.54. The molecule has 7 atom stereocenters. The van der Waals surface area contributed by atoms with Gasteiger partial charge in [-0.15, -0.1) is 0 Å². The Kier molecular flexibility index (Phi) is 2.71. The zero-order valence-corrected chi connectivity index (χ0v) is 11.0. The van der Waals surface area contributed by atoms with Gasteiger partial charge in [-0.25, -0.2) is 4.79 Å². The van der Waals surface area contributed by atoms with Gasteiger partial charge in [-0.1, -0.05) is 6.58 Å². The van der Waals surface area contributed by atoms with E-state index in [-0.39, 0.29) is 5.97 Å². The van der Waals surface area contributed by atoms with Gasteiger partial charge in [0.25, 0.3) is 0 Å². The summed E-state index contributed by atoms with van der Waals surface area (Å²) in [6, 6.07) is 0. The van der Waals surface area contributed by atoms with E-state index >= 15 is 0 Å². The fourth-order valence-electron chi connectivity index (χ4n) is 4.86. The molecule has 104 valence electrons. The van der Waals surface area contributed by atoms with Crippen molar-refractivity contribution in [2.24, 2.45) is 23.7 Å². The Hall–Kier alpha value is -0.870. The van der Waals surface area contributed by atoms with E-state index in [1.54, 1.807) is 0 Å². The molecule has 2 bridgehead atoms. The fraction of sp³-hybridized carbons (Fsp3) is 0.800. The van der Waals surface area contributed by atoms with Gasteiger partial charge in [0, 0.05) is 6.08 Å². The number of hydrogen-bond donors (Lipinski definition) is 0. The Morgan fingerprint density at radius 1 is 1.26 bits per heavy atom. The molecule has 3 aliphatic carbocycles. The molecule has 1 heterocycles. The van der Waals surface area contributed by atoms with E-state index in [1.165, 1.54) is 25.3 Å². The van der Waals surface area contributed by atoms with E-state index in [0.29, 0.717) is 31.5 Å². The monoisotopic (exact) mass is 264 g/mol. The van der Waals surface area contributed by atoms with Gasteiger partial charge >= 0.3 is 5.97 Å². The van der Waals surface area contributed by atoms with Crippen LogP contribution in [0.5, 0.6) is 0 Å². The van der Waals surface area contributed by atoms with E-state index in [0.717, 1.165) is 23.7 Å². The molecule has 7 unspecified atom stereocenters. The van der Waals surface area contributed by atoms with Crippen molar-refractivity contribution in [3.8, 4) is 0 Å². The van der Waals surface area contributed by atoms with Crippen LogP contribution in [0.2, 0.25) is 0 Å². The molecule has 0 aromatic heterocycles. The first-order chi connectivity index (χ1) is 9.28. The standard InChI is InChI=1S/C15H20O4/c1-2-13(16)18-4-3-17-11-6-8-5-9(11)10-7-12-15(19-12)14(8)10/h2,8-12,14-15H,1,3-7H2. The zero-order valence-electron chi connectivity index (χ0n) is 11.0. The molecule has 4 rings (SSSR count). The molecule has 4 fully saturated rings. The third-order valence-electron chi connectivity index (χ3n) is 5.51. The Morgan fingerprint density at radius 2 is 2.16 bits per heavy atom. The number of carbonyl (C=O) groups excluding carboxylic acids is 1. The minimum absolute atomic E-state index is 0.335. The minimum atomic E-state index is -0.371. The van der Waals surface area contributed by atoms with Crippen LogP contribution in [0, 0.1) is 23.7 Å². The maximum Gasteiger partial charge on any atom is 0.330 e. The molecule has 0 aromatic rings. The van der Waals surface area contributed by atoms with Crippen molar-refractivity contribution >= 4 is 5.97 Å². The van der Waals surface area contributed by atoms with Crippen molar-refractivity contribution in [1.82, 2.24) is 0 Å². The maximum absolute atomic E-state index is 10.9. The number of esters is 1. The van der Waals surface area contributed by atoms with Gasteiger partial charge in [0.2, 0.25) is 0 Å². The molecular weight excluding hydrogens is 244 g/mol. The van der Waals surface area contributed by atoms with Gasteiger partial charge < -0.3 is 14.2 Å². The van der Waals surface area contributed by atoms with Crippen LogP contribution >= 0.6 is 0 Å². The van der Waals surface area contributed by atoms with Crippen LogP contribution in [0.3, 0.4) is 0 Å². The van der Waals surface area contributed by atoms with Crippen LogP contribution < -0.4 is 0 Å². The van der Waals surface area contributed by atoms with Gasteiger partial charge in [-0.2, -0.15) is 0 Å². The van der Waals surface area contributed by atoms with Crippen LogP contribution in [0.1, 0.15) is 19.3 Å². The fourth-order valence-corrected chi connectivity index (χ4v) is 4.86. The second-order valence-electron chi connectivity index (χ2n) is 6.29. The summed E-state index contributed by atoms with van der Waals surface area (Å²) in [5.41, 5.74) is 0. The molecule has 4 nitrogen and oxygen atoms in total. The number of ether oxygens (including phenoxy) is 3. The predicted molar refractivity (Wildman–Crippen MR) is 67.4 cm³/mol. The second kappa shape index (κ2) is 4.32. The summed E-state index contributed by atoms with van der Waals surface area (Å²) in [7, 11) is 0. The molecule has 0 radical (unpaired) electrons. The van der Waals surface area contributed by atoms with Crippen molar-refractivity contribution < 1.29 is 19.0 Å². The lowest BCUT2D eigenvalue weighted by atomic mass is 9.79. The highest BCUT2D eigenvalue weighted by molar-refractivity contribution is 5.81. The van der Waals surface area contributed by atoms with Crippen LogP contribution in [-0.2, 0) is 19.0 Å². The minimum Gasteiger partial charge on any atom is -0.460 e. The molecule has 0 spiro atoms. The smallest absolute Gasteiger partial charge is 0.330 e. The average Bonchev–Trinajstić information content (AvgIpc) is 2.79.